The van der Waals surface area contributed by atoms with Gasteiger partial charge in [0.15, 0.2) is 0 Å². The van der Waals surface area contributed by atoms with Gasteiger partial charge in [0.25, 0.3) is 0 Å². The lowest BCUT2D eigenvalue weighted by atomic mass is 10.5. The Morgan fingerprint density at radius 3 is 2.40 bits per heavy atom. The minimum atomic E-state index is 0.268. The average Bonchev–Trinajstić information content (AvgIpc) is 2.30. The van der Waals surface area contributed by atoms with E-state index < -0.39 is 0 Å². The van der Waals surface area contributed by atoms with Gasteiger partial charge in [-0.25, -0.2) is 0 Å². The average molecular weight is 142 g/mol. The molecule has 0 spiro atoms. The van der Waals surface area contributed by atoms with Gasteiger partial charge in [-0.15, -0.1) is 0 Å². The molecule has 0 radical (unpaired) electrons. The van der Waals surface area contributed by atoms with Gasteiger partial charge in [0.1, 0.15) is 0 Å². The fourth-order valence-electron chi connectivity index (χ4n) is 1.15. The molecule has 10 heavy (non-hydrogen) atoms. The van der Waals surface area contributed by atoms with Crippen molar-refractivity contribution in [2.75, 3.05) is 26.3 Å². The Kier molecular flexibility index (Phi) is 2.27. The molecule has 0 aromatic carbocycles. The van der Waals surface area contributed by atoms with E-state index in [0.717, 1.165) is 19.8 Å². The van der Waals surface area contributed by atoms with Crippen molar-refractivity contribution in [3.63, 3.8) is 0 Å². The lowest BCUT2D eigenvalue weighted by Crippen LogP contribution is -2.26. The zero-order valence-electron chi connectivity index (χ0n) is 6.63. The van der Waals surface area contributed by atoms with Crippen LogP contribution in [0.1, 0.15) is 13.8 Å². The summed E-state index contributed by atoms with van der Waals surface area (Å²) in [6.45, 7) is 7.34. The Labute approximate surface area is 61.6 Å². The number of likely N-dealkylation sites (N-methyl/N-ethyl adjacent to an activating group) is 2. The second kappa shape index (κ2) is 3.01. The van der Waals surface area contributed by atoms with Crippen molar-refractivity contribution in [3.8, 4) is 0 Å². The molecule has 1 aliphatic rings. The van der Waals surface area contributed by atoms with Gasteiger partial charge >= 0.3 is 0 Å². The molecule has 0 aromatic heterocycles. The van der Waals surface area contributed by atoms with Crippen LogP contribution in [0.4, 0.5) is 0 Å². The normalized spacial score (nSPS) is 20.6. The van der Waals surface area contributed by atoms with E-state index in [-0.39, 0.29) is 5.91 Å². The van der Waals surface area contributed by atoms with Crippen molar-refractivity contribution >= 4 is 5.91 Å². The number of amides is 1. The third-order valence-corrected chi connectivity index (χ3v) is 1.91. The first-order chi connectivity index (χ1) is 4.77. The number of carbonyl (C=O) groups is 1. The third-order valence-electron chi connectivity index (χ3n) is 1.91. The van der Waals surface area contributed by atoms with Gasteiger partial charge in [0.2, 0.25) is 5.91 Å². The van der Waals surface area contributed by atoms with Gasteiger partial charge in [-0.3, -0.25) is 9.69 Å². The largest absolute Gasteiger partial charge is 0.329 e. The number of hydrogen-bond donors (Lipinski definition) is 0. The minimum absolute atomic E-state index is 0.268. The Morgan fingerprint density at radius 2 is 2.10 bits per heavy atom. The number of nitrogens with zero attached hydrogens (tertiary/aromatic N) is 2. The highest BCUT2D eigenvalue weighted by Crippen LogP contribution is 2.04. The molecule has 0 N–H and O–H groups in total. The van der Waals surface area contributed by atoms with E-state index in [9.17, 15) is 4.79 Å². The fourth-order valence-corrected chi connectivity index (χ4v) is 1.15. The molecule has 1 saturated heterocycles. The Hall–Kier alpha value is -0.570. The van der Waals surface area contributed by atoms with Crippen LogP contribution in [-0.4, -0.2) is 42.0 Å². The quantitative estimate of drug-likeness (QED) is 0.547. The van der Waals surface area contributed by atoms with Crippen LogP contribution in [0.5, 0.6) is 0 Å². The summed E-state index contributed by atoms with van der Waals surface area (Å²) in [6, 6.07) is 0. The van der Waals surface area contributed by atoms with Gasteiger partial charge in [0.05, 0.1) is 13.2 Å². The van der Waals surface area contributed by atoms with Crippen LogP contribution in [0.2, 0.25) is 0 Å². The second-order valence-electron chi connectivity index (χ2n) is 2.54. The van der Waals surface area contributed by atoms with Crippen LogP contribution in [0.25, 0.3) is 0 Å². The third kappa shape index (κ3) is 1.29. The van der Waals surface area contributed by atoms with Crippen LogP contribution >= 0.6 is 0 Å². The van der Waals surface area contributed by atoms with Gasteiger partial charge in [-0.2, -0.15) is 0 Å². The molecular weight excluding hydrogens is 128 g/mol. The van der Waals surface area contributed by atoms with Crippen LogP contribution in [-0.2, 0) is 4.79 Å². The molecule has 1 amide bonds. The Balaban J connectivity index is 2.44. The molecule has 0 saturated carbocycles. The van der Waals surface area contributed by atoms with Crippen molar-refractivity contribution in [2.45, 2.75) is 13.8 Å². The smallest absolute Gasteiger partial charge is 0.237 e. The number of carbonyl (C=O) groups excluding carboxylic acids is 1. The van der Waals surface area contributed by atoms with Crippen molar-refractivity contribution < 1.29 is 4.79 Å². The van der Waals surface area contributed by atoms with Crippen LogP contribution in [0.3, 0.4) is 0 Å². The van der Waals surface area contributed by atoms with Gasteiger partial charge in [-0.05, 0) is 13.5 Å². The van der Waals surface area contributed by atoms with E-state index in [1.807, 2.05) is 11.8 Å². The Morgan fingerprint density at radius 1 is 1.40 bits per heavy atom. The maximum absolute atomic E-state index is 11.1. The summed E-state index contributed by atoms with van der Waals surface area (Å²) >= 11 is 0. The van der Waals surface area contributed by atoms with E-state index >= 15 is 0 Å². The zero-order valence-corrected chi connectivity index (χ0v) is 6.63. The lowest BCUT2D eigenvalue weighted by Gasteiger charge is -2.13. The fraction of sp³-hybridized carbons (Fsp3) is 0.857. The molecular formula is C7H14N2O. The van der Waals surface area contributed by atoms with Crippen LogP contribution < -0.4 is 0 Å². The van der Waals surface area contributed by atoms with Crippen LogP contribution in [0, 0.1) is 0 Å². The molecule has 0 unspecified atom stereocenters. The SMILES string of the molecule is CCN1CC(=O)N(CC)C1. The summed E-state index contributed by atoms with van der Waals surface area (Å²) < 4.78 is 0. The van der Waals surface area contributed by atoms with Crippen molar-refractivity contribution in [2.24, 2.45) is 0 Å². The first-order valence-electron chi connectivity index (χ1n) is 3.78. The van der Waals surface area contributed by atoms with Crippen molar-refractivity contribution in [1.29, 1.82) is 0 Å². The van der Waals surface area contributed by atoms with E-state index in [2.05, 4.69) is 11.8 Å². The topological polar surface area (TPSA) is 23.6 Å². The highest BCUT2D eigenvalue weighted by atomic mass is 16.2. The molecule has 58 valence electrons. The van der Waals surface area contributed by atoms with E-state index in [1.54, 1.807) is 0 Å². The maximum Gasteiger partial charge on any atom is 0.237 e. The zero-order chi connectivity index (χ0) is 7.56. The highest BCUT2D eigenvalue weighted by molar-refractivity contribution is 5.79. The summed E-state index contributed by atoms with van der Waals surface area (Å²) in [4.78, 5) is 15.1. The molecule has 1 aliphatic heterocycles. The van der Waals surface area contributed by atoms with Crippen molar-refractivity contribution in [1.82, 2.24) is 9.80 Å². The molecule has 3 heteroatoms. The van der Waals surface area contributed by atoms with E-state index in [0.29, 0.717) is 6.54 Å². The summed E-state index contributed by atoms with van der Waals surface area (Å²) in [5.41, 5.74) is 0. The van der Waals surface area contributed by atoms with Crippen LogP contribution in [0.15, 0.2) is 0 Å². The van der Waals surface area contributed by atoms with Gasteiger partial charge < -0.3 is 4.90 Å². The summed E-state index contributed by atoms with van der Waals surface area (Å²) in [6.07, 6.45) is 0. The molecule has 0 bridgehead atoms. The first kappa shape index (κ1) is 7.54. The van der Waals surface area contributed by atoms with Gasteiger partial charge in [-0.1, -0.05) is 6.92 Å². The van der Waals surface area contributed by atoms with E-state index in [1.165, 1.54) is 0 Å². The predicted octanol–water partition coefficient (Wildman–Crippen LogP) is 0.128. The monoisotopic (exact) mass is 142 g/mol. The molecule has 0 atom stereocenters. The summed E-state index contributed by atoms with van der Waals surface area (Å²) in [7, 11) is 0. The van der Waals surface area contributed by atoms with E-state index in [4.69, 9.17) is 0 Å². The standard InChI is InChI=1S/C7H14N2O/c1-3-8-5-7(10)9(4-2)6-8/h3-6H2,1-2H3. The first-order valence-corrected chi connectivity index (χ1v) is 3.78. The molecule has 0 aromatic rings. The van der Waals surface area contributed by atoms with Gasteiger partial charge in [0, 0.05) is 6.54 Å². The molecule has 1 heterocycles. The molecule has 0 aliphatic carbocycles. The predicted molar refractivity (Wildman–Crippen MR) is 39.5 cm³/mol. The Bertz CT molecular complexity index is 136. The maximum atomic E-state index is 11.1. The minimum Gasteiger partial charge on any atom is -0.329 e. The van der Waals surface area contributed by atoms with Crippen molar-refractivity contribution in [3.05, 3.63) is 0 Å². The number of rotatable bonds is 2. The number of hydrogen-bond acceptors (Lipinski definition) is 2. The molecule has 3 nitrogen and oxygen atoms in total. The highest BCUT2D eigenvalue weighted by Gasteiger charge is 2.23. The lowest BCUT2D eigenvalue weighted by molar-refractivity contribution is -0.126. The summed E-state index contributed by atoms with van der Waals surface area (Å²) in [5.74, 6) is 0.268. The second-order valence-corrected chi connectivity index (χ2v) is 2.54. The molecule has 1 rings (SSSR count). The molecule has 1 fully saturated rings. The summed E-state index contributed by atoms with van der Waals surface area (Å²) in [5, 5.41) is 0.